The van der Waals surface area contributed by atoms with Gasteiger partial charge in [0.25, 0.3) is 5.91 Å². The lowest BCUT2D eigenvalue weighted by atomic mass is 10.1. The topological polar surface area (TPSA) is 77.2 Å². The Labute approximate surface area is 111 Å². The zero-order valence-corrected chi connectivity index (χ0v) is 11.1. The molecule has 1 amide bonds. The van der Waals surface area contributed by atoms with Crippen molar-refractivity contribution in [2.24, 2.45) is 0 Å². The third kappa shape index (κ3) is 2.82. The molecule has 0 fully saturated rings. The maximum Gasteiger partial charge on any atom is 0.270 e. The molecule has 1 aromatic carbocycles. The van der Waals surface area contributed by atoms with Crippen LogP contribution in [0.15, 0.2) is 24.3 Å². The zero-order valence-electron chi connectivity index (χ0n) is 11.1. The number of nitrogens with zero attached hydrogens (tertiary/aromatic N) is 1. The predicted octanol–water partition coefficient (Wildman–Crippen LogP) is 1.50. The SMILES string of the molecule is COCCNC(=O)c1nc(C)cc2c(N)cccc12. The molecule has 1 heterocycles. The highest BCUT2D eigenvalue weighted by Gasteiger charge is 2.13. The Morgan fingerprint density at radius 1 is 1.42 bits per heavy atom. The van der Waals surface area contributed by atoms with Crippen molar-refractivity contribution in [3.8, 4) is 0 Å². The monoisotopic (exact) mass is 259 g/mol. The van der Waals surface area contributed by atoms with Crippen molar-refractivity contribution in [1.29, 1.82) is 0 Å². The number of hydrogen-bond donors (Lipinski definition) is 2. The van der Waals surface area contributed by atoms with Gasteiger partial charge < -0.3 is 15.8 Å². The maximum atomic E-state index is 12.1. The first-order chi connectivity index (χ1) is 9.13. The van der Waals surface area contributed by atoms with E-state index in [1.165, 1.54) is 0 Å². The van der Waals surface area contributed by atoms with Crippen molar-refractivity contribution in [1.82, 2.24) is 10.3 Å². The Hall–Kier alpha value is -2.14. The molecule has 5 nitrogen and oxygen atoms in total. The molecule has 0 aliphatic rings. The number of nitrogen functional groups attached to an aromatic ring is 1. The Morgan fingerprint density at radius 2 is 2.21 bits per heavy atom. The minimum atomic E-state index is -0.212. The highest BCUT2D eigenvalue weighted by Crippen LogP contribution is 2.23. The Bertz CT molecular complexity index is 611. The molecular formula is C14H17N3O2. The molecule has 0 bridgehead atoms. The van der Waals surface area contributed by atoms with Crippen LogP contribution < -0.4 is 11.1 Å². The Balaban J connectivity index is 2.42. The van der Waals surface area contributed by atoms with E-state index in [1.807, 2.05) is 31.2 Å². The number of ether oxygens (including phenoxy) is 1. The molecule has 0 saturated heterocycles. The van der Waals surface area contributed by atoms with Crippen molar-refractivity contribution in [3.05, 3.63) is 35.7 Å². The summed E-state index contributed by atoms with van der Waals surface area (Å²) in [4.78, 5) is 16.4. The lowest BCUT2D eigenvalue weighted by molar-refractivity contribution is 0.0934. The number of amides is 1. The van der Waals surface area contributed by atoms with Gasteiger partial charge in [-0.3, -0.25) is 4.79 Å². The van der Waals surface area contributed by atoms with Gasteiger partial charge in [-0.25, -0.2) is 4.98 Å². The van der Waals surface area contributed by atoms with Gasteiger partial charge in [0.05, 0.1) is 6.61 Å². The first kappa shape index (κ1) is 13.3. The van der Waals surface area contributed by atoms with Gasteiger partial charge in [0.15, 0.2) is 0 Å². The number of hydrogen-bond acceptors (Lipinski definition) is 4. The molecule has 0 spiro atoms. The molecule has 0 radical (unpaired) electrons. The molecule has 1 aromatic heterocycles. The molecule has 0 unspecified atom stereocenters. The molecule has 3 N–H and O–H groups in total. The second-order valence-corrected chi connectivity index (χ2v) is 4.30. The van der Waals surface area contributed by atoms with Crippen LogP contribution in [0.2, 0.25) is 0 Å². The highest BCUT2D eigenvalue weighted by molar-refractivity contribution is 6.08. The Morgan fingerprint density at radius 3 is 2.95 bits per heavy atom. The summed E-state index contributed by atoms with van der Waals surface area (Å²) < 4.78 is 4.90. The lowest BCUT2D eigenvalue weighted by Gasteiger charge is -2.09. The third-order valence-electron chi connectivity index (χ3n) is 2.84. The van der Waals surface area contributed by atoms with E-state index in [0.29, 0.717) is 24.5 Å². The number of nitrogens with one attached hydrogen (secondary N) is 1. The molecule has 0 saturated carbocycles. The normalized spacial score (nSPS) is 10.6. The van der Waals surface area contributed by atoms with Gasteiger partial charge in [-0.05, 0) is 19.1 Å². The molecule has 19 heavy (non-hydrogen) atoms. The second-order valence-electron chi connectivity index (χ2n) is 4.30. The number of rotatable bonds is 4. The minimum Gasteiger partial charge on any atom is -0.398 e. The number of aromatic nitrogens is 1. The van der Waals surface area contributed by atoms with E-state index < -0.39 is 0 Å². The minimum absolute atomic E-state index is 0.212. The van der Waals surface area contributed by atoms with Gasteiger partial charge in [0, 0.05) is 35.8 Å². The van der Waals surface area contributed by atoms with Crippen molar-refractivity contribution >= 4 is 22.4 Å². The van der Waals surface area contributed by atoms with Gasteiger partial charge in [0.1, 0.15) is 5.69 Å². The van der Waals surface area contributed by atoms with Crippen LogP contribution in [0, 0.1) is 6.92 Å². The van der Waals surface area contributed by atoms with E-state index in [-0.39, 0.29) is 5.91 Å². The maximum absolute atomic E-state index is 12.1. The van der Waals surface area contributed by atoms with Crippen LogP contribution in [0.5, 0.6) is 0 Å². The van der Waals surface area contributed by atoms with Crippen LogP contribution in [0.25, 0.3) is 10.8 Å². The van der Waals surface area contributed by atoms with E-state index >= 15 is 0 Å². The van der Waals surface area contributed by atoms with Crippen LogP contribution in [0.1, 0.15) is 16.2 Å². The number of benzene rings is 1. The fraction of sp³-hybridized carbons (Fsp3) is 0.286. The van der Waals surface area contributed by atoms with Crippen LogP contribution in [0.4, 0.5) is 5.69 Å². The molecular weight excluding hydrogens is 242 g/mol. The molecule has 0 aliphatic heterocycles. The van der Waals surface area contributed by atoms with Crippen LogP contribution in [-0.2, 0) is 4.74 Å². The van der Waals surface area contributed by atoms with Gasteiger partial charge in [-0.2, -0.15) is 0 Å². The third-order valence-corrected chi connectivity index (χ3v) is 2.84. The largest absolute Gasteiger partial charge is 0.398 e. The van der Waals surface area contributed by atoms with E-state index in [2.05, 4.69) is 10.3 Å². The lowest BCUT2D eigenvalue weighted by Crippen LogP contribution is -2.28. The number of fused-ring (bicyclic) bond motifs is 1. The van der Waals surface area contributed by atoms with Crippen molar-refractivity contribution < 1.29 is 9.53 Å². The van der Waals surface area contributed by atoms with Gasteiger partial charge in [-0.15, -0.1) is 0 Å². The summed E-state index contributed by atoms with van der Waals surface area (Å²) in [6, 6.07) is 7.37. The average molecular weight is 259 g/mol. The van der Waals surface area contributed by atoms with Gasteiger partial charge in [-0.1, -0.05) is 12.1 Å². The molecule has 100 valence electrons. The smallest absolute Gasteiger partial charge is 0.270 e. The molecule has 5 heteroatoms. The second kappa shape index (κ2) is 5.67. The number of methoxy groups -OCH3 is 1. The number of aryl methyl sites for hydroxylation is 1. The van der Waals surface area contributed by atoms with Crippen molar-refractivity contribution in [2.45, 2.75) is 6.92 Å². The van der Waals surface area contributed by atoms with Crippen LogP contribution >= 0.6 is 0 Å². The van der Waals surface area contributed by atoms with Crippen molar-refractivity contribution in [2.75, 3.05) is 26.0 Å². The van der Waals surface area contributed by atoms with E-state index in [9.17, 15) is 4.79 Å². The summed E-state index contributed by atoms with van der Waals surface area (Å²) in [6.07, 6.45) is 0. The van der Waals surface area contributed by atoms with E-state index in [4.69, 9.17) is 10.5 Å². The standard InChI is InChI=1S/C14H17N3O2/c1-9-8-11-10(4-3-5-12(11)15)13(17-9)14(18)16-6-7-19-2/h3-5,8H,6-7,15H2,1-2H3,(H,16,18). The summed E-state index contributed by atoms with van der Waals surface area (Å²) >= 11 is 0. The van der Waals surface area contributed by atoms with E-state index in [1.54, 1.807) is 7.11 Å². The summed E-state index contributed by atoms with van der Waals surface area (Å²) in [5.41, 5.74) is 7.75. The first-order valence-electron chi connectivity index (χ1n) is 6.06. The number of carbonyl (C=O) groups is 1. The predicted molar refractivity (Wildman–Crippen MR) is 75.1 cm³/mol. The first-order valence-corrected chi connectivity index (χ1v) is 6.06. The summed E-state index contributed by atoms with van der Waals surface area (Å²) in [5.74, 6) is -0.212. The van der Waals surface area contributed by atoms with Gasteiger partial charge in [0.2, 0.25) is 0 Å². The summed E-state index contributed by atoms with van der Waals surface area (Å²) in [6.45, 7) is 2.77. The zero-order chi connectivity index (χ0) is 13.8. The quantitative estimate of drug-likeness (QED) is 0.644. The summed E-state index contributed by atoms with van der Waals surface area (Å²) in [7, 11) is 1.59. The Kier molecular flexibility index (Phi) is 3.97. The van der Waals surface area contributed by atoms with Crippen LogP contribution in [-0.4, -0.2) is 31.2 Å². The number of nitrogens with two attached hydrogens (primary N) is 1. The molecule has 2 rings (SSSR count). The average Bonchev–Trinajstić information content (AvgIpc) is 2.39. The molecule has 0 aliphatic carbocycles. The van der Waals surface area contributed by atoms with Crippen molar-refractivity contribution in [3.63, 3.8) is 0 Å². The van der Waals surface area contributed by atoms with E-state index in [0.717, 1.165) is 16.5 Å². The van der Waals surface area contributed by atoms with Crippen LogP contribution in [0.3, 0.4) is 0 Å². The molecule has 0 atom stereocenters. The number of anilines is 1. The number of carbonyl (C=O) groups excluding carboxylic acids is 1. The molecule has 2 aromatic rings. The summed E-state index contributed by atoms with van der Waals surface area (Å²) in [5, 5.41) is 4.39. The highest BCUT2D eigenvalue weighted by atomic mass is 16.5. The fourth-order valence-electron chi connectivity index (χ4n) is 1.95. The fourth-order valence-corrected chi connectivity index (χ4v) is 1.95. The number of pyridine rings is 1. The van der Waals surface area contributed by atoms with Gasteiger partial charge >= 0.3 is 0 Å².